The number of ether oxygens (including phenoxy) is 2. The molecule has 1 aromatic carbocycles. The molecule has 5 heteroatoms. The lowest BCUT2D eigenvalue weighted by molar-refractivity contribution is 0.0598. The van der Waals surface area contributed by atoms with Crippen molar-refractivity contribution >= 4 is 17.3 Å². The van der Waals surface area contributed by atoms with E-state index in [-0.39, 0.29) is 0 Å². The topological polar surface area (TPSA) is 64.8 Å². The maximum absolute atomic E-state index is 11.9. The van der Waals surface area contributed by atoms with Gasteiger partial charge in [-0.05, 0) is 31.9 Å². The summed E-state index contributed by atoms with van der Waals surface area (Å²) in [5, 5.41) is 0. The molecular weight excluding hydrogens is 244 g/mol. The Hall–Kier alpha value is -1.91. The molecule has 1 aliphatic heterocycles. The Bertz CT molecular complexity index is 488. The molecule has 1 atom stereocenters. The Kier molecular flexibility index (Phi) is 3.83. The van der Waals surface area contributed by atoms with Crippen molar-refractivity contribution in [2.24, 2.45) is 0 Å². The van der Waals surface area contributed by atoms with Gasteiger partial charge in [-0.2, -0.15) is 0 Å². The van der Waals surface area contributed by atoms with E-state index in [2.05, 4.69) is 11.8 Å². The second-order valence-corrected chi connectivity index (χ2v) is 4.76. The van der Waals surface area contributed by atoms with Crippen LogP contribution in [-0.4, -0.2) is 32.8 Å². The van der Waals surface area contributed by atoms with Crippen molar-refractivity contribution in [3.8, 4) is 5.75 Å². The molecule has 0 aromatic heterocycles. The van der Waals surface area contributed by atoms with E-state index in [9.17, 15) is 4.79 Å². The monoisotopic (exact) mass is 264 g/mol. The third kappa shape index (κ3) is 2.32. The SMILES string of the molecule is COC(=O)c1c(N)ccc(N2CCC[C@@H]2C)c1OC. The average molecular weight is 264 g/mol. The minimum absolute atomic E-state index is 0.307. The second kappa shape index (κ2) is 5.38. The summed E-state index contributed by atoms with van der Waals surface area (Å²) < 4.78 is 10.2. The summed E-state index contributed by atoms with van der Waals surface area (Å²) in [6, 6.07) is 4.07. The van der Waals surface area contributed by atoms with Crippen molar-refractivity contribution in [3.05, 3.63) is 17.7 Å². The predicted molar refractivity (Wildman–Crippen MR) is 74.8 cm³/mol. The van der Waals surface area contributed by atoms with Gasteiger partial charge in [0, 0.05) is 12.6 Å². The Labute approximate surface area is 113 Å². The molecule has 0 saturated carbocycles. The molecule has 1 fully saturated rings. The lowest BCUT2D eigenvalue weighted by Gasteiger charge is -2.27. The van der Waals surface area contributed by atoms with Crippen LogP contribution in [0.5, 0.6) is 5.75 Å². The third-order valence-electron chi connectivity index (χ3n) is 3.63. The zero-order chi connectivity index (χ0) is 14.0. The Morgan fingerprint density at radius 1 is 1.42 bits per heavy atom. The normalized spacial score (nSPS) is 18.5. The number of anilines is 2. The number of carbonyl (C=O) groups excluding carboxylic acids is 1. The van der Waals surface area contributed by atoms with E-state index in [1.54, 1.807) is 13.2 Å². The molecule has 1 heterocycles. The number of benzene rings is 1. The summed E-state index contributed by atoms with van der Waals surface area (Å²) in [7, 11) is 2.89. The summed E-state index contributed by atoms with van der Waals surface area (Å²) in [5.41, 5.74) is 7.46. The molecule has 2 N–H and O–H groups in total. The van der Waals surface area contributed by atoms with Gasteiger partial charge in [-0.3, -0.25) is 0 Å². The molecule has 0 bridgehead atoms. The first kappa shape index (κ1) is 13.5. The molecule has 1 aliphatic rings. The first-order chi connectivity index (χ1) is 9.10. The van der Waals surface area contributed by atoms with Gasteiger partial charge in [-0.25, -0.2) is 4.79 Å². The Balaban J connectivity index is 2.53. The van der Waals surface area contributed by atoms with Gasteiger partial charge in [0.25, 0.3) is 0 Å². The van der Waals surface area contributed by atoms with Gasteiger partial charge in [-0.1, -0.05) is 0 Å². The number of rotatable bonds is 3. The van der Waals surface area contributed by atoms with Crippen molar-refractivity contribution in [2.45, 2.75) is 25.8 Å². The van der Waals surface area contributed by atoms with Gasteiger partial charge in [0.15, 0.2) is 5.75 Å². The highest BCUT2D eigenvalue weighted by atomic mass is 16.5. The van der Waals surface area contributed by atoms with E-state index >= 15 is 0 Å². The van der Waals surface area contributed by atoms with E-state index in [4.69, 9.17) is 15.2 Å². The molecule has 104 valence electrons. The van der Waals surface area contributed by atoms with Crippen molar-refractivity contribution < 1.29 is 14.3 Å². The summed E-state index contributed by atoms with van der Waals surface area (Å²) in [4.78, 5) is 14.1. The van der Waals surface area contributed by atoms with Crippen LogP contribution in [0.1, 0.15) is 30.1 Å². The largest absolute Gasteiger partial charge is 0.494 e. The average Bonchev–Trinajstić information content (AvgIpc) is 2.83. The summed E-state index contributed by atoms with van der Waals surface area (Å²) in [5.74, 6) is 0.0312. The van der Waals surface area contributed by atoms with Crippen LogP contribution in [0.2, 0.25) is 0 Å². The molecule has 0 unspecified atom stereocenters. The molecule has 0 amide bonds. The predicted octanol–water partition coefficient (Wildman–Crippen LogP) is 2.05. The first-order valence-corrected chi connectivity index (χ1v) is 6.41. The number of esters is 1. The number of hydrogen-bond donors (Lipinski definition) is 1. The number of methoxy groups -OCH3 is 2. The Morgan fingerprint density at radius 2 is 2.16 bits per heavy atom. The standard InChI is InChI=1S/C14H20N2O3/c1-9-5-4-8-16(9)11-7-6-10(15)12(13(11)18-2)14(17)19-3/h6-7,9H,4-5,8,15H2,1-3H3/t9-/m0/s1. The number of nitrogens with two attached hydrogens (primary N) is 1. The maximum atomic E-state index is 11.9. The first-order valence-electron chi connectivity index (χ1n) is 6.41. The van der Waals surface area contributed by atoms with Gasteiger partial charge in [-0.15, -0.1) is 0 Å². The number of hydrogen-bond acceptors (Lipinski definition) is 5. The van der Waals surface area contributed by atoms with Gasteiger partial charge in [0.05, 0.1) is 25.6 Å². The highest BCUT2D eigenvalue weighted by Crippen LogP contribution is 2.39. The molecule has 2 rings (SSSR count). The van der Waals surface area contributed by atoms with E-state index in [1.165, 1.54) is 7.11 Å². The highest BCUT2D eigenvalue weighted by Gasteiger charge is 2.27. The maximum Gasteiger partial charge on any atom is 0.343 e. The molecule has 0 radical (unpaired) electrons. The Morgan fingerprint density at radius 3 is 2.68 bits per heavy atom. The molecule has 1 saturated heterocycles. The molecule has 0 spiro atoms. The van der Waals surface area contributed by atoms with Crippen molar-refractivity contribution in [3.63, 3.8) is 0 Å². The van der Waals surface area contributed by atoms with Crippen molar-refractivity contribution in [1.82, 2.24) is 0 Å². The lowest BCUT2D eigenvalue weighted by atomic mass is 10.1. The number of nitrogen functional groups attached to an aromatic ring is 1. The molecule has 5 nitrogen and oxygen atoms in total. The van der Waals surface area contributed by atoms with Crippen LogP contribution in [-0.2, 0) is 4.74 Å². The van der Waals surface area contributed by atoms with Crippen LogP contribution < -0.4 is 15.4 Å². The fourth-order valence-corrected chi connectivity index (χ4v) is 2.62. The molecular formula is C14H20N2O3. The van der Waals surface area contributed by atoms with Crippen LogP contribution in [0.15, 0.2) is 12.1 Å². The zero-order valence-electron chi connectivity index (χ0n) is 11.6. The van der Waals surface area contributed by atoms with Crippen LogP contribution in [0, 0.1) is 0 Å². The van der Waals surface area contributed by atoms with Crippen LogP contribution in [0.3, 0.4) is 0 Å². The molecule has 19 heavy (non-hydrogen) atoms. The molecule has 1 aromatic rings. The fraction of sp³-hybridized carbons (Fsp3) is 0.500. The smallest absolute Gasteiger partial charge is 0.343 e. The number of nitrogens with zero attached hydrogens (tertiary/aromatic N) is 1. The summed E-state index contributed by atoms with van der Waals surface area (Å²) >= 11 is 0. The summed E-state index contributed by atoms with van der Waals surface area (Å²) in [6.07, 6.45) is 2.28. The minimum atomic E-state index is -0.469. The lowest BCUT2D eigenvalue weighted by Crippen LogP contribution is -2.27. The second-order valence-electron chi connectivity index (χ2n) is 4.76. The van der Waals surface area contributed by atoms with Crippen LogP contribution in [0.4, 0.5) is 11.4 Å². The van der Waals surface area contributed by atoms with Crippen molar-refractivity contribution in [2.75, 3.05) is 31.4 Å². The minimum Gasteiger partial charge on any atom is -0.494 e. The van der Waals surface area contributed by atoms with E-state index in [0.29, 0.717) is 23.0 Å². The van der Waals surface area contributed by atoms with Crippen molar-refractivity contribution in [1.29, 1.82) is 0 Å². The van der Waals surface area contributed by atoms with Crippen LogP contribution in [0.25, 0.3) is 0 Å². The zero-order valence-corrected chi connectivity index (χ0v) is 11.6. The summed E-state index contributed by atoms with van der Waals surface area (Å²) in [6.45, 7) is 3.13. The fourth-order valence-electron chi connectivity index (χ4n) is 2.62. The highest BCUT2D eigenvalue weighted by molar-refractivity contribution is 6.00. The van der Waals surface area contributed by atoms with E-state index in [0.717, 1.165) is 25.1 Å². The van der Waals surface area contributed by atoms with E-state index in [1.807, 2.05) is 6.07 Å². The van der Waals surface area contributed by atoms with Gasteiger partial charge < -0.3 is 20.1 Å². The van der Waals surface area contributed by atoms with Gasteiger partial charge in [0.2, 0.25) is 0 Å². The van der Waals surface area contributed by atoms with E-state index < -0.39 is 5.97 Å². The number of carbonyl (C=O) groups is 1. The third-order valence-corrected chi connectivity index (χ3v) is 3.63. The molecule has 0 aliphatic carbocycles. The quantitative estimate of drug-likeness (QED) is 0.668. The van der Waals surface area contributed by atoms with Crippen LogP contribution >= 0.6 is 0 Å². The van der Waals surface area contributed by atoms with Gasteiger partial charge in [0.1, 0.15) is 5.56 Å². The van der Waals surface area contributed by atoms with Gasteiger partial charge >= 0.3 is 5.97 Å².